The van der Waals surface area contributed by atoms with E-state index in [1.54, 1.807) is 18.3 Å². The molecule has 2 fully saturated rings. The summed E-state index contributed by atoms with van der Waals surface area (Å²) < 4.78 is 5.39. The highest BCUT2D eigenvalue weighted by molar-refractivity contribution is 6.33. The largest absolute Gasteiger partial charge is 0.360 e. The third-order valence-electron chi connectivity index (χ3n) is 5.64. The van der Waals surface area contributed by atoms with Crippen LogP contribution in [0.5, 0.6) is 0 Å². The van der Waals surface area contributed by atoms with Gasteiger partial charge in [-0.25, -0.2) is 15.3 Å². The number of amides is 2. The molecule has 1 atom stereocenters. The monoisotopic (exact) mass is 450 g/mol. The van der Waals surface area contributed by atoms with Gasteiger partial charge in [0.1, 0.15) is 5.82 Å². The van der Waals surface area contributed by atoms with Crippen LogP contribution in [0.15, 0.2) is 18.3 Å². The Bertz CT molecular complexity index is 777. The van der Waals surface area contributed by atoms with E-state index in [4.69, 9.17) is 21.2 Å². The van der Waals surface area contributed by atoms with Crippen molar-refractivity contribution < 1.29 is 19.2 Å². The first-order chi connectivity index (χ1) is 15.0. The molecule has 1 saturated carbocycles. The van der Waals surface area contributed by atoms with Gasteiger partial charge in [0.05, 0.1) is 11.6 Å². The number of likely N-dealkylation sites (N-methyl/N-ethyl adjacent to an activating group) is 1. The third-order valence-corrected chi connectivity index (χ3v) is 5.93. The Kier molecular flexibility index (Phi) is 9.12. The number of hydrogen-bond donors (Lipinski definition) is 2. The number of carbonyl (C=O) groups excluding carboxylic acids is 2. The fourth-order valence-corrected chi connectivity index (χ4v) is 4.01. The Labute approximate surface area is 188 Å². The molecule has 0 radical (unpaired) electrons. The number of pyridine rings is 1. The van der Waals surface area contributed by atoms with Gasteiger partial charge in [0, 0.05) is 38.4 Å². The minimum absolute atomic E-state index is 0.0207. The summed E-state index contributed by atoms with van der Waals surface area (Å²) in [4.78, 5) is 35.7. The predicted molar refractivity (Wildman–Crippen MR) is 119 cm³/mol. The van der Waals surface area contributed by atoms with E-state index >= 15 is 0 Å². The molecule has 1 aliphatic carbocycles. The number of aromatic nitrogens is 1. The van der Waals surface area contributed by atoms with Crippen LogP contribution in [0.4, 0.5) is 5.82 Å². The maximum atomic E-state index is 12.5. The number of hydroxylamine groups is 1. The van der Waals surface area contributed by atoms with E-state index in [1.807, 2.05) is 11.9 Å². The summed E-state index contributed by atoms with van der Waals surface area (Å²) in [5.74, 6) is 0.0580. The standard InChI is InChI=1S/C22H31ClN4O4/c1-27(17-7-3-2-4-8-17)20(29)15-25-22-18(23)13-16(14-24-22)10-11-19(28)26-31-21-9-5-6-12-30-21/h10-11,13-14,17,21H,2-9,12,15H2,1H3,(H,24,25)(H,26,28)/b11-10+. The molecule has 3 rings (SSSR count). The molecule has 2 aliphatic rings. The van der Waals surface area contributed by atoms with Gasteiger partial charge >= 0.3 is 0 Å². The van der Waals surface area contributed by atoms with E-state index in [0.29, 0.717) is 29.1 Å². The molecule has 1 saturated heterocycles. The lowest BCUT2D eigenvalue weighted by molar-refractivity contribution is -0.198. The Morgan fingerprint density at radius 2 is 2.03 bits per heavy atom. The zero-order chi connectivity index (χ0) is 22.1. The van der Waals surface area contributed by atoms with E-state index in [0.717, 1.165) is 32.1 Å². The topological polar surface area (TPSA) is 92.8 Å². The second kappa shape index (κ2) is 12.0. The van der Waals surface area contributed by atoms with Crippen molar-refractivity contribution in [3.63, 3.8) is 0 Å². The van der Waals surface area contributed by atoms with Crippen LogP contribution >= 0.6 is 11.6 Å². The molecule has 1 aromatic rings. The number of nitrogens with zero attached hydrogens (tertiary/aromatic N) is 2. The van der Waals surface area contributed by atoms with Crippen LogP contribution in [0.25, 0.3) is 6.08 Å². The SMILES string of the molecule is CN(C(=O)CNc1ncc(/C=C/C(=O)NOC2CCCCO2)cc1Cl)C1CCCCC1. The summed E-state index contributed by atoms with van der Waals surface area (Å²) in [6.07, 6.45) is 12.6. The van der Waals surface area contributed by atoms with Gasteiger partial charge in [0.15, 0.2) is 6.29 Å². The van der Waals surface area contributed by atoms with Crippen LogP contribution in [0.3, 0.4) is 0 Å². The zero-order valence-electron chi connectivity index (χ0n) is 17.9. The first-order valence-corrected chi connectivity index (χ1v) is 11.3. The summed E-state index contributed by atoms with van der Waals surface area (Å²) in [5.41, 5.74) is 3.02. The molecule has 2 heterocycles. The van der Waals surface area contributed by atoms with Crippen molar-refractivity contribution >= 4 is 35.3 Å². The number of hydrogen-bond acceptors (Lipinski definition) is 6. The van der Waals surface area contributed by atoms with E-state index in [-0.39, 0.29) is 12.5 Å². The van der Waals surface area contributed by atoms with E-state index < -0.39 is 12.2 Å². The summed E-state index contributed by atoms with van der Waals surface area (Å²) in [5, 5.41) is 3.39. The quantitative estimate of drug-likeness (QED) is 0.465. The first-order valence-electron chi connectivity index (χ1n) is 10.9. The molecule has 1 unspecified atom stereocenters. The molecule has 8 nitrogen and oxygen atoms in total. The first kappa shape index (κ1) is 23.5. The average Bonchev–Trinajstić information content (AvgIpc) is 2.81. The van der Waals surface area contributed by atoms with Crippen molar-refractivity contribution in [1.29, 1.82) is 0 Å². The molecule has 2 amide bonds. The molecule has 31 heavy (non-hydrogen) atoms. The van der Waals surface area contributed by atoms with Gasteiger partial charge in [-0.2, -0.15) is 0 Å². The number of ether oxygens (including phenoxy) is 1. The summed E-state index contributed by atoms with van der Waals surface area (Å²) >= 11 is 6.29. The molecule has 9 heteroatoms. The van der Waals surface area contributed by atoms with E-state index in [2.05, 4.69) is 15.8 Å². The Balaban J connectivity index is 1.44. The summed E-state index contributed by atoms with van der Waals surface area (Å²) in [7, 11) is 1.86. The smallest absolute Gasteiger partial charge is 0.267 e. The highest BCUT2D eigenvalue weighted by atomic mass is 35.5. The van der Waals surface area contributed by atoms with Crippen molar-refractivity contribution in [3.8, 4) is 0 Å². The molecule has 0 bridgehead atoms. The van der Waals surface area contributed by atoms with Crippen LogP contribution in [-0.4, -0.2) is 54.2 Å². The highest BCUT2D eigenvalue weighted by Gasteiger charge is 2.22. The lowest BCUT2D eigenvalue weighted by Gasteiger charge is -2.31. The van der Waals surface area contributed by atoms with Crippen molar-refractivity contribution in [2.75, 3.05) is 25.5 Å². The second-order valence-corrected chi connectivity index (χ2v) is 8.37. The highest BCUT2D eigenvalue weighted by Crippen LogP contribution is 2.23. The Morgan fingerprint density at radius 3 is 2.74 bits per heavy atom. The zero-order valence-corrected chi connectivity index (χ0v) is 18.7. The molecule has 1 aliphatic heterocycles. The Hall–Kier alpha value is -2.16. The maximum absolute atomic E-state index is 12.5. The van der Waals surface area contributed by atoms with Gasteiger partial charge in [0.25, 0.3) is 5.91 Å². The number of anilines is 1. The fraction of sp³-hybridized carbons (Fsp3) is 0.591. The van der Waals surface area contributed by atoms with Gasteiger partial charge in [-0.3, -0.25) is 9.59 Å². The van der Waals surface area contributed by atoms with Gasteiger partial charge < -0.3 is 15.0 Å². The molecule has 1 aromatic heterocycles. The van der Waals surface area contributed by atoms with Crippen LogP contribution in [0.1, 0.15) is 56.9 Å². The predicted octanol–water partition coefficient (Wildman–Crippen LogP) is 3.53. The fourth-order valence-electron chi connectivity index (χ4n) is 3.76. The van der Waals surface area contributed by atoms with Crippen molar-refractivity contribution in [2.45, 2.75) is 63.7 Å². The molecule has 0 aromatic carbocycles. The number of nitrogens with one attached hydrogen (secondary N) is 2. The number of carbonyl (C=O) groups is 2. The van der Waals surface area contributed by atoms with Crippen molar-refractivity contribution in [1.82, 2.24) is 15.4 Å². The lowest BCUT2D eigenvalue weighted by Crippen LogP contribution is -2.41. The van der Waals surface area contributed by atoms with E-state index in [1.165, 1.54) is 25.3 Å². The number of halogens is 1. The maximum Gasteiger partial charge on any atom is 0.267 e. The van der Waals surface area contributed by atoms with Crippen molar-refractivity contribution in [3.05, 3.63) is 28.9 Å². The van der Waals surface area contributed by atoms with Gasteiger partial charge in [-0.1, -0.05) is 30.9 Å². The van der Waals surface area contributed by atoms with Crippen LogP contribution in [0, 0.1) is 0 Å². The lowest BCUT2D eigenvalue weighted by atomic mass is 9.94. The van der Waals surface area contributed by atoms with Gasteiger partial charge in [-0.15, -0.1) is 0 Å². The van der Waals surface area contributed by atoms with Gasteiger partial charge in [-0.05, 0) is 43.4 Å². The van der Waals surface area contributed by atoms with Crippen molar-refractivity contribution in [2.24, 2.45) is 0 Å². The summed E-state index contributed by atoms with van der Waals surface area (Å²) in [6.45, 7) is 0.779. The minimum atomic E-state index is -0.399. The summed E-state index contributed by atoms with van der Waals surface area (Å²) in [6, 6.07) is 2.00. The Morgan fingerprint density at radius 1 is 1.26 bits per heavy atom. The van der Waals surface area contributed by atoms with Crippen LogP contribution in [0.2, 0.25) is 5.02 Å². The third kappa shape index (κ3) is 7.48. The molecule has 2 N–H and O–H groups in total. The normalized spacial score (nSPS) is 19.9. The number of rotatable bonds is 8. The molecular formula is C22H31ClN4O4. The van der Waals surface area contributed by atoms with Crippen LogP contribution in [-0.2, 0) is 19.2 Å². The molecular weight excluding hydrogens is 420 g/mol. The van der Waals surface area contributed by atoms with Crippen LogP contribution < -0.4 is 10.8 Å². The minimum Gasteiger partial charge on any atom is -0.360 e. The van der Waals surface area contributed by atoms with E-state index in [9.17, 15) is 9.59 Å². The molecule has 170 valence electrons. The average molecular weight is 451 g/mol. The van der Waals surface area contributed by atoms with Gasteiger partial charge in [0.2, 0.25) is 5.91 Å². The molecule has 0 spiro atoms. The second-order valence-electron chi connectivity index (χ2n) is 7.96.